The summed E-state index contributed by atoms with van der Waals surface area (Å²) in [6, 6.07) is 7.78. The molecular formula is C19H27NO2S. The number of thioether (sulfide) groups is 1. The van der Waals surface area contributed by atoms with Gasteiger partial charge in [-0.2, -0.15) is 11.8 Å². The Morgan fingerprint density at radius 2 is 2.22 bits per heavy atom. The first-order valence-corrected chi connectivity index (χ1v) is 10.1. The van der Waals surface area contributed by atoms with Crippen LogP contribution in [0.4, 0.5) is 0 Å². The van der Waals surface area contributed by atoms with Gasteiger partial charge in [-0.3, -0.25) is 0 Å². The lowest BCUT2D eigenvalue weighted by Crippen LogP contribution is -2.50. The summed E-state index contributed by atoms with van der Waals surface area (Å²) in [5.41, 5.74) is 3.14. The molecule has 126 valence electrons. The van der Waals surface area contributed by atoms with Crippen molar-refractivity contribution in [2.45, 2.75) is 56.2 Å². The number of aryl methyl sites for hydroxylation is 1. The van der Waals surface area contributed by atoms with Gasteiger partial charge in [0.05, 0.1) is 12.7 Å². The van der Waals surface area contributed by atoms with Crippen molar-refractivity contribution in [3.8, 4) is 5.75 Å². The van der Waals surface area contributed by atoms with Crippen LogP contribution in [-0.2, 0) is 17.6 Å². The molecule has 3 unspecified atom stereocenters. The van der Waals surface area contributed by atoms with Crippen LogP contribution < -0.4 is 10.1 Å². The summed E-state index contributed by atoms with van der Waals surface area (Å²) in [6.45, 7) is 0.926. The molecule has 0 bridgehead atoms. The molecule has 3 atom stereocenters. The maximum absolute atomic E-state index is 6.15. The van der Waals surface area contributed by atoms with E-state index in [9.17, 15) is 0 Å². The van der Waals surface area contributed by atoms with Crippen molar-refractivity contribution < 1.29 is 9.47 Å². The minimum atomic E-state index is 0.177. The van der Waals surface area contributed by atoms with Crippen molar-refractivity contribution in [1.29, 1.82) is 0 Å². The van der Waals surface area contributed by atoms with Crippen LogP contribution in [0.25, 0.3) is 0 Å². The second-order valence-corrected chi connectivity index (χ2v) is 8.37. The summed E-state index contributed by atoms with van der Waals surface area (Å²) in [5.74, 6) is 3.44. The minimum Gasteiger partial charge on any atom is -0.497 e. The standard InChI is InChI=1S/C19H27NO2S/c1-21-18-5-3-14-2-4-16(10-15(14)11-18)20-17-6-8-22-19(12-17)7-9-23-13-19/h3,5,11,16-17,20H,2,4,6-10,12-13H2,1H3. The van der Waals surface area contributed by atoms with Gasteiger partial charge in [-0.05, 0) is 67.5 Å². The minimum absolute atomic E-state index is 0.177. The topological polar surface area (TPSA) is 30.5 Å². The molecule has 4 rings (SSSR count). The van der Waals surface area contributed by atoms with Crippen LogP contribution in [0.5, 0.6) is 5.75 Å². The Morgan fingerprint density at radius 3 is 3.04 bits per heavy atom. The van der Waals surface area contributed by atoms with E-state index in [1.165, 1.54) is 48.3 Å². The zero-order valence-electron chi connectivity index (χ0n) is 14.0. The fourth-order valence-corrected chi connectivity index (χ4v) is 5.75. The molecule has 4 heteroatoms. The summed E-state index contributed by atoms with van der Waals surface area (Å²) in [4.78, 5) is 0. The maximum Gasteiger partial charge on any atom is 0.119 e. The predicted molar refractivity (Wildman–Crippen MR) is 95.6 cm³/mol. The number of methoxy groups -OCH3 is 1. The van der Waals surface area contributed by atoms with Gasteiger partial charge in [0.15, 0.2) is 0 Å². The van der Waals surface area contributed by atoms with Crippen LogP contribution >= 0.6 is 11.8 Å². The number of ether oxygens (including phenoxy) is 2. The van der Waals surface area contributed by atoms with E-state index < -0.39 is 0 Å². The number of benzene rings is 1. The average Bonchev–Trinajstić information content (AvgIpc) is 3.02. The largest absolute Gasteiger partial charge is 0.497 e. The molecule has 1 aliphatic carbocycles. The third-order valence-corrected chi connectivity index (χ3v) is 6.90. The van der Waals surface area contributed by atoms with E-state index in [0.29, 0.717) is 12.1 Å². The lowest BCUT2D eigenvalue weighted by molar-refractivity contribution is -0.0714. The normalized spacial score (nSPS) is 33.6. The van der Waals surface area contributed by atoms with E-state index >= 15 is 0 Å². The zero-order chi connectivity index (χ0) is 15.7. The smallest absolute Gasteiger partial charge is 0.119 e. The van der Waals surface area contributed by atoms with Crippen molar-refractivity contribution in [2.75, 3.05) is 25.2 Å². The van der Waals surface area contributed by atoms with Crippen LogP contribution in [0.1, 0.15) is 36.8 Å². The summed E-state index contributed by atoms with van der Waals surface area (Å²) < 4.78 is 11.5. The molecule has 0 aromatic heterocycles. The summed E-state index contributed by atoms with van der Waals surface area (Å²) >= 11 is 2.06. The Labute approximate surface area is 143 Å². The van der Waals surface area contributed by atoms with Crippen LogP contribution in [0.3, 0.4) is 0 Å². The molecule has 0 saturated carbocycles. The average molecular weight is 333 g/mol. The Kier molecular flexibility index (Phi) is 4.57. The molecule has 2 fully saturated rings. The third kappa shape index (κ3) is 3.40. The molecule has 1 aromatic rings. The number of hydrogen-bond donors (Lipinski definition) is 1. The van der Waals surface area contributed by atoms with Gasteiger partial charge in [-0.25, -0.2) is 0 Å². The molecule has 1 spiro atoms. The van der Waals surface area contributed by atoms with Gasteiger partial charge in [0.2, 0.25) is 0 Å². The van der Waals surface area contributed by atoms with E-state index in [0.717, 1.165) is 25.2 Å². The molecule has 3 aliphatic rings. The molecule has 3 nitrogen and oxygen atoms in total. The van der Waals surface area contributed by atoms with Crippen LogP contribution in [0.2, 0.25) is 0 Å². The molecule has 1 aromatic carbocycles. The molecule has 23 heavy (non-hydrogen) atoms. The first kappa shape index (κ1) is 15.8. The van der Waals surface area contributed by atoms with Crippen molar-refractivity contribution in [3.63, 3.8) is 0 Å². The second kappa shape index (κ2) is 6.66. The van der Waals surface area contributed by atoms with Crippen molar-refractivity contribution in [3.05, 3.63) is 29.3 Å². The molecule has 0 amide bonds. The van der Waals surface area contributed by atoms with Crippen LogP contribution in [-0.4, -0.2) is 42.9 Å². The van der Waals surface area contributed by atoms with E-state index in [1.807, 2.05) is 0 Å². The summed E-state index contributed by atoms with van der Waals surface area (Å²) in [7, 11) is 1.75. The lowest BCUT2D eigenvalue weighted by Gasteiger charge is -2.40. The molecule has 2 saturated heterocycles. The Morgan fingerprint density at radius 1 is 1.26 bits per heavy atom. The van der Waals surface area contributed by atoms with Gasteiger partial charge in [0, 0.05) is 24.4 Å². The predicted octanol–water partition coefficient (Wildman–Crippen LogP) is 3.20. The zero-order valence-corrected chi connectivity index (χ0v) is 14.8. The number of hydrogen-bond acceptors (Lipinski definition) is 4. The highest BCUT2D eigenvalue weighted by atomic mass is 32.2. The third-order valence-electron chi connectivity index (χ3n) is 5.67. The second-order valence-electron chi connectivity index (χ2n) is 7.26. The number of fused-ring (bicyclic) bond motifs is 1. The van der Waals surface area contributed by atoms with E-state index in [1.54, 1.807) is 7.11 Å². The monoisotopic (exact) mass is 333 g/mol. The molecule has 0 radical (unpaired) electrons. The number of nitrogens with one attached hydrogen (secondary N) is 1. The highest BCUT2D eigenvalue weighted by Crippen LogP contribution is 2.38. The van der Waals surface area contributed by atoms with Crippen LogP contribution in [0, 0.1) is 0 Å². The van der Waals surface area contributed by atoms with Gasteiger partial charge >= 0.3 is 0 Å². The van der Waals surface area contributed by atoms with E-state index in [2.05, 4.69) is 35.3 Å². The Hall–Kier alpha value is -0.710. The molecule has 2 aliphatic heterocycles. The summed E-state index contributed by atoms with van der Waals surface area (Å²) in [5, 5.41) is 3.96. The molecular weight excluding hydrogens is 306 g/mol. The van der Waals surface area contributed by atoms with Crippen molar-refractivity contribution in [1.82, 2.24) is 5.32 Å². The van der Waals surface area contributed by atoms with Crippen LogP contribution in [0.15, 0.2) is 18.2 Å². The lowest BCUT2D eigenvalue weighted by atomic mass is 9.85. The van der Waals surface area contributed by atoms with Crippen molar-refractivity contribution in [2.24, 2.45) is 0 Å². The van der Waals surface area contributed by atoms with E-state index in [4.69, 9.17) is 9.47 Å². The SMILES string of the molecule is COc1ccc2c(c1)CC(NC1CCOC3(CCSC3)C1)CC2. The first-order chi connectivity index (χ1) is 11.3. The molecule has 2 heterocycles. The fourth-order valence-electron chi connectivity index (χ4n) is 4.37. The number of rotatable bonds is 3. The van der Waals surface area contributed by atoms with E-state index in [-0.39, 0.29) is 5.60 Å². The quantitative estimate of drug-likeness (QED) is 0.920. The van der Waals surface area contributed by atoms with Gasteiger partial charge in [0.25, 0.3) is 0 Å². The first-order valence-electron chi connectivity index (χ1n) is 8.90. The van der Waals surface area contributed by atoms with Crippen molar-refractivity contribution >= 4 is 11.8 Å². The highest BCUT2D eigenvalue weighted by molar-refractivity contribution is 7.99. The fraction of sp³-hybridized carbons (Fsp3) is 0.684. The Balaban J connectivity index is 1.39. The van der Waals surface area contributed by atoms with Gasteiger partial charge < -0.3 is 14.8 Å². The Bertz CT molecular complexity index is 556. The van der Waals surface area contributed by atoms with Gasteiger partial charge in [-0.1, -0.05) is 6.07 Å². The highest BCUT2D eigenvalue weighted by Gasteiger charge is 2.40. The molecule has 1 N–H and O–H groups in total. The van der Waals surface area contributed by atoms with Gasteiger partial charge in [0.1, 0.15) is 5.75 Å². The summed E-state index contributed by atoms with van der Waals surface area (Å²) in [6.07, 6.45) is 7.15. The maximum atomic E-state index is 6.15. The van der Waals surface area contributed by atoms with Gasteiger partial charge in [-0.15, -0.1) is 0 Å².